The number of rotatable bonds is 6. The van der Waals surface area contributed by atoms with Gasteiger partial charge >= 0.3 is 6.03 Å². The van der Waals surface area contributed by atoms with Crippen molar-refractivity contribution in [3.05, 3.63) is 35.4 Å². The zero-order valence-corrected chi connectivity index (χ0v) is 16.9. The van der Waals surface area contributed by atoms with Gasteiger partial charge in [-0.1, -0.05) is 6.07 Å². The molecule has 0 aliphatic carbocycles. The summed E-state index contributed by atoms with van der Waals surface area (Å²) < 4.78 is 26.8. The lowest BCUT2D eigenvalue weighted by molar-refractivity contribution is -0.126. The van der Waals surface area contributed by atoms with E-state index in [2.05, 4.69) is 10.6 Å². The highest BCUT2D eigenvalue weighted by atomic mass is 35.5. The number of urea groups is 1. The summed E-state index contributed by atoms with van der Waals surface area (Å²) in [4.78, 5) is 38.4. The minimum atomic E-state index is -0.897. The molecule has 2 saturated heterocycles. The molecule has 0 bridgehead atoms. The molecule has 2 unspecified atom stereocenters. The molecule has 2 atom stereocenters. The van der Waals surface area contributed by atoms with Crippen molar-refractivity contribution in [2.24, 2.45) is 0 Å². The molecule has 1 aromatic rings. The van der Waals surface area contributed by atoms with Gasteiger partial charge < -0.3 is 15.5 Å². The molecule has 2 aliphatic heterocycles. The fourth-order valence-electron chi connectivity index (χ4n) is 3.72. The van der Waals surface area contributed by atoms with Crippen molar-refractivity contribution >= 4 is 30.3 Å². The summed E-state index contributed by atoms with van der Waals surface area (Å²) in [6.45, 7) is 1.52. The van der Waals surface area contributed by atoms with Gasteiger partial charge in [-0.05, 0) is 37.1 Å². The Bertz CT molecular complexity index is 780. The zero-order chi connectivity index (χ0) is 20.3. The van der Waals surface area contributed by atoms with Gasteiger partial charge in [0, 0.05) is 38.5 Å². The van der Waals surface area contributed by atoms with Crippen molar-refractivity contribution in [1.29, 1.82) is 0 Å². The van der Waals surface area contributed by atoms with Crippen molar-refractivity contribution in [2.45, 2.75) is 31.2 Å². The van der Waals surface area contributed by atoms with E-state index in [0.717, 1.165) is 17.5 Å². The van der Waals surface area contributed by atoms with E-state index >= 15 is 0 Å². The van der Waals surface area contributed by atoms with Crippen molar-refractivity contribution in [3.8, 4) is 0 Å². The van der Waals surface area contributed by atoms with E-state index in [1.54, 1.807) is 13.1 Å². The van der Waals surface area contributed by atoms with Crippen molar-refractivity contribution < 1.29 is 23.2 Å². The number of hydrogen-bond acceptors (Lipinski definition) is 4. The summed E-state index contributed by atoms with van der Waals surface area (Å²) in [6, 6.07) is 3.25. The van der Waals surface area contributed by atoms with Crippen LogP contribution in [0.1, 0.15) is 30.7 Å². The largest absolute Gasteiger partial charge is 0.351 e. The van der Waals surface area contributed by atoms with E-state index in [4.69, 9.17) is 0 Å². The minimum absolute atomic E-state index is 0. The predicted molar refractivity (Wildman–Crippen MR) is 105 cm³/mol. The third-order valence-electron chi connectivity index (χ3n) is 5.22. The Morgan fingerprint density at radius 2 is 2.03 bits per heavy atom. The summed E-state index contributed by atoms with van der Waals surface area (Å²) in [5.74, 6) is -2.37. The first-order valence-electron chi connectivity index (χ1n) is 9.37. The maximum atomic E-state index is 13.6. The van der Waals surface area contributed by atoms with Gasteiger partial charge in [0.15, 0.2) is 11.6 Å². The molecule has 2 heterocycles. The van der Waals surface area contributed by atoms with Gasteiger partial charge in [0.2, 0.25) is 11.8 Å². The van der Waals surface area contributed by atoms with Gasteiger partial charge in [0.05, 0.1) is 0 Å². The van der Waals surface area contributed by atoms with Crippen LogP contribution in [-0.2, 0) is 9.59 Å². The highest BCUT2D eigenvalue weighted by Gasteiger charge is 2.33. The summed E-state index contributed by atoms with van der Waals surface area (Å²) in [5.41, 5.74) is 0.655. The number of nitrogens with zero attached hydrogens (tertiary/aromatic N) is 2. The second kappa shape index (κ2) is 9.98. The van der Waals surface area contributed by atoms with Gasteiger partial charge in [-0.25, -0.2) is 13.6 Å². The molecule has 0 radical (unpaired) electrons. The summed E-state index contributed by atoms with van der Waals surface area (Å²) in [7, 11) is 1.56. The summed E-state index contributed by atoms with van der Waals surface area (Å²) >= 11 is 0. The molecule has 0 spiro atoms. The molecule has 10 heteroatoms. The van der Waals surface area contributed by atoms with Crippen LogP contribution in [0.5, 0.6) is 0 Å². The lowest BCUT2D eigenvalue weighted by Gasteiger charge is -2.33. The molecular formula is C19H25ClF2N4O3. The monoisotopic (exact) mass is 430 g/mol. The number of carbonyl (C=O) groups excluding carboxylic acids is 3. The number of imide groups is 1. The predicted octanol–water partition coefficient (Wildman–Crippen LogP) is 1.62. The Morgan fingerprint density at radius 3 is 2.69 bits per heavy atom. The molecule has 2 fully saturated rings. The molecule has 0 aromatic heterocycles. The van der Waals surface area contributed by atoms with Crippen LogP contribution in [-0.4, -0.2) is 66.9 Å². The number of carbonyl (C=O) groups is 3. The van der Waals surface area contributed by atoms with Crippen LogP contribution in [0.25, 0.3) is 0 Å². The van der Waals surface area contributed by atoms with Gasteiger partial charge in [0.1, 0.15) is 6.54 Å². The topological polar surface area (TPSA) is 81.8 Å². The molecule has 0 saturated carbocycles. The smallest absolute Gasteiger partial charge is 0.326 e. The zero-order valence-electron chi connectivity index (χ0n) is 16.1. The number of hydrogen-bond donors (Lipinski definition) is 2. The normalized spacial score (nSPS) is 21.9. The highest BCUT2D eigenvalue weighted by molar-refractivity contribution is 6.01. The third kappa shape index (κ3) is 5.42. The number of nitrogens with one attached hydrogen (secondary N) is 2. The first-order valence-corrected chi connectivity index (χ1v) is 9.37. The molecule has 2 N–H and O–H groups in total. The fourth-order valence-corrected chi connectivity index (χ4v) is 3.72. The highest BCUT2D eigenvalue weighted by Crippen LogP contribution is 2.27. The number of halogens is 3. The first kappa shape index (κ1) is 23.0. The number of likely N-dealkylation sites (N-methyl/N-ethyl adjacent to an activating group) is 1. The third-order valence-corrected chi connectivity index (χ3v) is 5.22. The van der Waals surface area contributed by atoms with Crippen LogP contribution in [0, 0.1) is 11.6 Å². The SMILES string of the molecule is CN1CC(=O)N(CCCC(=O)NC2CNCCC2c2ccc(F)c(F)c2)C1=O.Cl. The average Bonchev–Trinajstić information content (AvgIpc) is 2.90. The Morgan fingerprint density at radius 1 is 1.28 bits per heavy atom. The van der Waals surface area contributed by atoms with Crippen LogP contribution < -0.4 is 10.6 Å². The van der Waals surface area contributed by atoms with Crippen molar-refractivity contribution in [2.75, 3.05) is 33.2 Å². The van der Waals surface area contributed by atoms with Crippen LogP contribution >= 0.6 is 12.4 Å². The van der Waals surface area contributed by atoms with E-state index in [1.165, 1.54) is 11.0 Å². The first-order chi connectivity index (χ1) is 13.4. The van der Waals surface area contributed by atoms with Crippen LogP contribution in [0.15, 0.2) is 18.2 Å². The lowest BCUT2D eigenvalue weighted by atomic mass is 9.86. The Hall–Kier alpha value is -2.26. The molecule has 4 amide bonds. The molecule has 1 aromatic carbocycles. The van der Waals surface area contributed by atoms with E-state index in [0.29, 0.717) is 24.9 Å². The summed E-state index contributed by atoms with van der Waals surface area (Å²) in [6.07, 6.45) is 1.23. The Kier molecular flexibility index (Phi) is 7.92. The number of amides is 4. The maximum absolute atomic E-state index is 13.6. The van der Waals surface area contributed by atoms with Gasteiger partial charge in [-0.15, -0.1) is 12.4 Å². The van der Waals surface area contributed by atoms with Crippen LogP contribution in [0.4, 0.5) is 13.6 Å². The van der Waals surface area contributed by atoms with Gasteiger partial charge in [0.25, 0.3) is 0 Å². The van der Waals surface area contributed by atoms with E-state index in [-0.39, 0.29) is 61.7 Å². The summed E-state index contributed by atoms with van der Waals surface area (Å²) in [5, 5.41) is 6.14. The van der Waals surface area contributed by atoms with Crippen LogP contribution in [0.3, 0.4) is 0 Å². The standard InChI is InChI=1S/C19H24F2N4O3.ClH/c1-24-11-18(27)25(19(24)28)8-2-3-17(26)23-16-10-22-7-6-13(16)12-4-5-14(20)15(21)9-12;/h4-5,9,13,16,22H,2-3,6-8,10-11H2,1H3,(H,23,26);1H. The molecule has 29 heavy (non-hydrogen) atoms. The van der Waals surface area contributed by atoms with Gasteiger partial charge in [-0.2, -0.15) is 0 Å². The Labute approximate surface area is 174 Å². The van der Waals surface area contributed by atoms with Crippen molar-refractivity contribution in [1.82, 2.24) is 20.4 Å². The minimum Gasteiger partial charge on any atom is -0.351 e. The number of benzene rings is 1. The van der Waals surface area contributed by atoms with E-state index < -0.39 is 11.6 Å². The molecule has 160 valence electrons. The van der Waals surface area contributed by atoms with Crippen molar-refractivity contribution in [3.63, 3.8) is 0 Å². The molecule has 7 nitrogen and oxygen atoms in total. The Balaban J connectivity index is 0.00000300. The van der Waals surface area contributed by atoms with E-state index in [1.807, 2.05) is 0 Å². The molecular weight excluding hydrogens is 406 g/mol. The molecule has 3 rings (SSSR count). The second-order valence-electron chi connectivity index (χ2n) is 7.23. The maximum Gasteiger partial charge on any atom is 0.326 e. The van der Waals surface area contributed by atoms with Gasteiger partial charge in [-0.3, -0.25) is 14.5 Å². The quantitative estimate of drug-likeness (QED) is 0.672. The number of piperidine rings is 1. The fraction of sp³-hybridized carbons (Fsp3) is 0.526. The molecule has 2 aliphatic rings. The lowest BCUT2D eigenvalue weighted by Crippen LogP contribution is -2.50. The van der Waals surface area contributed by atoms with Crippen LogP contribution in [0.2, 0.25) is 0 Å². The second-order valence-corrected chi connectivity index (χ2v) is 7.23. The average molecular weight is 431 g/mol. The van der Waals surface area contributed by atoms with E-state index in [9.17, 15) is 23.2 Å².